The number of ether oxygens (including phenoxy) is 1. The summed E-state index contributed by atoms with van der Waals surface area (Å²) >= 11 is 6.20. The van der Waals surface area contributed by atoms with Crippen LogP contribution in [0, 0.1) is 13.8 Å². The number of aromatic nitrogens is 2. The third kappa shape index (κ3) is 4.80. The molecule has 3 rings (SSSR count). The molecular formula is C19H25ClN4O3. The third-order valence-electron chi connectivity index (χ3n) is 4.64. The van der Waals surface area contributed by atoms with Crippen LogP contribution in [-0.4, -0.2) is 53.4 Å². The topological polar surface area (TPSA) is 72.5 Å². The van der Waals surface area contributed by atoms with Gasteiger partial charge < -0.3 is 14.5 Å². The van der Waals surface area contributed by atoms with Crippen molar-refractivity contribution in [2.24, 2.45) is 7.05 Å². The Morgan fingerprint density at radius 3 is 2.70 bits per heavy atom. The number of hydrogen-bond donors (Lipinski definition) is 1. The van der Waals surface area contributed by atoms with E-state index in [0.29, 0.717) is 24.9 Å². The Morgan fingerprint density at radius 1 is 1.37 bits per heavy atom. The number of nitrogens with one attached hydrogen (secondary N) is 1. The SMILES string of the molecule is Cc1ccc(C(CNC(=O)/C=C/c2c(C)nn(C)c2Cl)N2CCOCC2)o1. The first-order chi connectivity index (χ1) is 13.0. The second-order valence-electron chi connectivity index (χ2n) is 6.60. The van der Waals surface area contributed by atoms with Crippen molar-refractivity contribution in [1.29, 1.82) is 0 Å². The van der Waals surface area contributed by atoms with Crippen LogP contribution < -0.4 is 5.32 Å². The second kappa shape index (κ2) is 8.73. The van der Waals surface area contributed by atoms with Crippen LogP contribution in [0.2, 0.25) is 5.15 Å². The first-order valence-electron chi connectivity index (χ1n) is 8.99. The highest BCUT2D eigenvalue weighted by molar-refractivity contribution is 6.31. The Balaban J connectivity index is 1.65. The number of amides is 1. The Hall–Kier alpha value is -2.09. The van der Waals surface area contributed by atoms with Crippen LogP contribution in [0.25, 0.3) is 6.08 Å². The van der Waals surface area contributed by atoms with Crippen molar-refractivity contribution in [3.63, 3.8) is 0 Å². The van der Waals surface area contributed by atoms with Gasteiger partial charge in [0.05, 0.1) is 24.9 Å². The van der Waals surface area contributed by atoms with Gasteiger partial charge in [0.25, 0.3) is 0 Å². The molecule has 0 bridgehead atoms. The molecule has 0 aromatic carbocycles. The molecule has 7 nitrogen and oxygen atoms in total. The van der Waals surface area contributed by atoms with Crippen LogP contribution in [0.1, 0.15) is 28.8 Å². The number of morpholine rings is 1. The minimum atomic E-state index is -0.184. The van der Waals surface area contributed by atoms with E-state index >= 15 is 0 Å². The smallest absolute Gasteiger partial charge is 0.244 e. The summed E-state index contributed by atoms with van der Waals surface area (Å²) in [5.74, 6) is 1.52. The largest absolute Gasteiger partial charge is 0.465 e. The van der Waals surface area contributed by atoms with Gasteiger partial charge in [-0.3, -0.25) is 14.4 Å². The fourth-order valence-electron chi connectivity index (χ4n) is 3.18. The predicted molar refractivity (Wildman–Crippen MR) is 104 cm³/mol. The van der Waals surface area contributed by atoms with E-state index < -0.39 is 0 Å². The maximum atomic E-state index is 12.3. The van der Waals surface area contributed by atoms with Crippen molar-refractivity contribution < 1.29 is 13.9 Å². The second-order valence-corrected chi connectivity index (χ2v) is 6.96. The summed E-state index contributed by atoms with van der Waals surface area (Å²) in [6.07, 6.45) is 3.18. The average molecular weight is 393 g/mol. The number of aryl methyl sites for hydroxylation is 3. The van der Waals surface area contributed by atoms with E-state index in [0.717, 1.165) is 35.9 Å². The van der Waals surface area contributed by atoms with E-state index in [1.165, 1.54) is 6.08 Å². The molecule has 146 valence electrons. The van der Waals surface area contributed by atoms with Crippen LogP contribution in [-0.2, 0) is 16.6 Å². The number of halogens is 1. The molecule has 0 radical (unpaired) electrons. The summed E-state index contributed by atoms with van der Waals surface area (Å²) in [4.78, 5) is 14.6. The first-order valence-corrected chi connectivity index (χ1v) is 9.36. The summed E-state index contributed by atoms with van der Waals surface area (Å²) in [6.45, 7) is 7.21. The normalized spacial score (nSPS) is 16.7. The van der Waals surface area contributed by atoms with Crippen molar-refractivity contribution in [3.8, 4) is 0 Å². The summed E-state index contributed by atoms with van der Waals surface area (Å²) in [7, 11) is 1.77. The van der Waals surface area contributed by atoms with Crippen LogP contribution >= 0.6 is 11.6 Å². The third-order valence-corrected chi connectivity index (χ3v) is 5.09. The van der Waals surface area contributed by atoms with Gasteiger partial charge in [-0.15, -0.1) is 0 Å². The molecule has 0 aliphatic carbocycles. The molecule has 8 heteroatoms. The monoisotopic (exact) mass is 392 g/mol. The molecule has 1 fully saturated rings. The molecule has 0 spiro atoms. The molecule has 1 atom stereocenters. The maximum absolute atomic E-state index is 12.3. The molecule has 2 aromatic heterocycles. The van der Waals surface area contributed by atoms with E-state index in [1.807, 2.05) is 26.0 Å². The highest BCUT2D eigenvalue weighted by atomic mass is 35.5. The summed E-state index contributed by atoms with van der Waals surface area (Å²) < 4.78 is 12.8. The van der Waals surface area contributed by atoms with Crippen molar-refractivity contribution >= 4 is 23.6 Å². The zero-order valence-electron chi connectivity index (χ0n) is 15.9. The standard InChI is InChI=1S/C19H25ClN4O3/c1-13-4-6-17(27-13)16(24-8-10-26-11-9-24)12-21-18(25)7-5-15-14(2)22-23(3)19(15)20/h4-7,16H,8-12H2,1-3H3,(H,21,25)/b7-5+. The molecule has 1 aliphatic rings. The molecule has 27 heavy (non-hydrogen) atoms. The molecule has 1 unspecified atom stereocenters. The number of carbonyl (C=O) groups excluding carboxylic acids is 1. The lowest BCUT2D eigenvalue weighted by atomic mass is 10.1. The average Bonchev–Trinajstić information content (AvgIpc) is 3.18. The van der Waals surface area contributed by atoms with Gasteiger partial charge in [0.2, 0.25) is 5.91 Å². The van der Waals surface area contributed by atoms with Crippen LogP contribution in [0.5, 0.6) is 0 Å². The molecule has 1 saturated heterocycles. The fourth-order valence-corrected chi connectivity index (χ4v) is 3.42. The minimum Gasteiger partial charge on any atom is -0.465 e. The molecule has 1 N–H and O–H groups in total. The molecule has 3 heterocycles. The maximum Gasteiger partial charge on any atom is 0.244 e. The number of carbonyl (C=O) groups is 1. The zero-order valence-corrected chi connectivity index (χ0v) is 16.6. The quantitative estimate of drug-likeness (QED) is 0.764. The van der Waals surface area contributed by atoms with Crippen molar-refractivity contribution in [2.45, 2.75) is 19.9 Å². The van der Waals surface area contributed by atoms with Gasteiger partial charge in [-0.25, -0.2) is 0 Å². The first kappa shape index (κ1) is 19.7. The van der Waals surface area contributed by atoms with E-state index in [1.54, 1.807) is 17.8 Å². The van der Waals surface area contributed by atoms with E-state index in [9.17, 15) is 4.79 Å². The summed E-state index contributed by atoms with van der Waals surface area (Å²) in [6, 6.07) is 3.89. The molecular weight excluding hydrogens is 368 g/mol. The van der Waals surface area contributed by atoms with Crippen molar-refractivity contribution in [3.05, 3.63) is 46.1 Å². The highest BCUT2D eigenvalue weighted by Crippen LogP contribution is 2.23. The van der Waals surface area contributed by atoms with Gasteiger partial charge in [0.15, 0.2) is 0 Å². The Kier molecular flexibility index (Phi) is 6.36. The van der Waals surface area contributed by atoms with E-state index in [4.69, 9.17) is 20.8 Å². The van der Waals surface area contributed by atoms with Gasteiger partial charge in [0.1, 0.15) is 16.7 Å². The number of hydrogen-bond acceptors (Lipinski definition) is 5. The summed E-state index contributed by atoms with van der Waals surface area (Å²) in [5, 5.41) is 7.71. The Bertz CT molecular complexity index is 821. The predicted octanol–water partition coefficient (Wildman–Crippen LogP) is 2.49. The van der Waals surface area contributed by atoms with Gasteiger partial charge >= 0.3 is 0 Å². The number of nitrogens with zero attached hydrogens (tertiary/aromatic N) is 3. The van der Waals surface area contributed by atoms with Crippen LogP contribution in [0.15, 0.2) is 22.6 Å². The lowest BCUT2D eigenvalue weighted by Gasteiger charge is -2.33. The van der Waals surface area contributed by atoms with E-state index in [-0.39, 0.29) is 11.9 Å². The zero-order chi connectivity index (χ0) is 19.4. The lowest BCUT2D eigenvalue weighted by molar-refractivity contribution is -0.116. The molecule has 1 amide bonds. The minimum absolute atomic E-state index is 0.0244. The Labute approximate surface area is 163 Å². The van der Waals surface area contributed by atoms with Gasteiger partial charge in [-0.05, 0) is 32.1 Å². The Morgan fingerprint density at radius 2 is 2.11 bits per heavy atom. The van der Waals surface area contributed by atoms with Crippen molar-refractivity contribution in [2.75, 3.05) is 32.8 Å². The van der Waals surface area contributed by atoms with Crippen molar-refractivity contribution in [1.82, 2.24) is 20.0 Å². The van der Waals surface area contributed by atoms with Crippen LogP contribution in [0.4, 0.5) is 0 Å². The van der Waals surface area contributed by atoms with Gasteiger partial charge in [-0.1, -0.05) is 11.6 Å². The summed E-state index contributed by atoms with van der Waals surface area (Å²) in [5.41, 5.74) is 1.53. The number of furan rings is 1. The number of rotatable bonds is 6. The van der Waals surface area contributed by atoms with Gasteiger partial charge in [0, 0.05) is 38.3 Å². The van der Waals surface area contributed by atoms with Gasteiger partial charge in [-0.2, -0.15) is 5.10 Å². The molecule has 0 saturated carbocycles. The fraction of sp³-hybridized carbons (Fsp3) is 0.474. The van der Waals surface area contributed by atoms with E-state index in [2.05, 4.69) is 15.3 Å². The highest BCUT2D eigenvalue weighted by Gasteiger charge is 2.25. The molecule has 2 aromatic rings. The lowest BCUT2D eigenvalue weighted by Crippen LogP contribution is -2.43. The molecule has 1 aliphatic heterocycles. The van der Waals surface area contributed by atoms with Crippen LogP contribution in [0.3, 0.4) is 0 Å².